The molecule has 1 saturated heterocycles. The minimum Gasteiger partial charge on any atom is -0.444 e. The lowest BCUT2D eigenvalue weighted by atomic mass is 10.1. The van der Waals surface area contributed by atoms with Gasteiger partial charge in [-0.3, -0.25) is 0 Å². The average Bonchev–Trinajstić information content (AvgIpc) is 2.92. The highest BCUT2D eigenvalue weighted by molar-refractivity contribution is 6.34. The maximum Gasteiger partial charge on any atom is 0.410 e. The van der Waals surface area contributed by atoms with E-state index in [9.17, 15) is 14.0 Å². The maximum atomic E-state index is 14.9. The first kappa shape index (κ1) is 30.6. The molecule has 1 amide bonds. The van der Waals surface area contributed by atoms with E-state index in [0.717, 1.165) is 0 Å². The number of fused-ring (bicyclic) bond motifs is 1. The Bertz CT molecular complexity index is 1770. The summed E-state index contributed by atoms with van der Waals surface area (Å²) in [6.45, 7) is 12.3. The summed E-state index contributed by atoms with van der Waals surface area (Å²) < 4.78 is 21.8. The first-order valence-corrected chi connectivity index (χ1v) is 14.7. The number of hydrogen-bond donors (Lipinski definition) is 0. The predicted molar refractivity (Wildman–Crippen MR) is 165 cm³/mol. The number of anilines is 1. The summed E-state index contributed by atoms with van der Waals surface area (Å²) in [5.41, 5.74) is -0.0537. The largest absolute Gasteiger partial charge is 0.444 e. The molecule has 0 aliphatic carbocycles. The smallest absolute Gasteiger partial charge is 0.410 e. The summed E-state index contributed by atoms with van der Waals surface area (Å²) in [6.07, 6.45) is 0.920. The van der Waals surface area contributed by atoms with Gasteiger partial charge in [-0.25, -0.2) is 33.5 Å². The molecule has 1 atom stereocenters. The first-order chi connectivity index (χ1) is 20.3. The summed E-state index contributed by atoms with van der Waals surface area (Å²) in [5.74, 6) is -0.312. The number of pyridine rings is 1. The van der Waals surface area contributed by atoms with E-state index in [4.69, 9.17) is 32.9 Å². The van der Waals surface area contributed by atoms with Gasteiger partial charge in [0.05, 0.1) is 21.8 Å². The average molecular weight is 629 g/mol. The van der Waals surface area contributed by atoms with Crippen molar-refractivity contribution in [1.29, 1.82) is 0 Å². The molecule has 5 rings (SSSR count). The lowest BCUT2D eigenvalue weighted by Gasteiger charge is -2.41. The molecule has 4 aromatic rings. The second-order valence-electron chi connectivity index (χ2n) is 11.7. The second-order valence-corrected chi connectivity index (χ2v) is 12.5. The molecule has 1 fully saturated rings. The van der Waals surface area contributed by atoms with Crippen LogP contribution in [0.15, 0.2) is 41.5 Å². The van der Waals surface area contributed by atoms with Gasteiger partial charge in [-0.15, -0.1) is 0 Å². The lowest BCUT2D eigenvalue weighted by molar-refractivity contribution is 0.0218. The van der Waals surface area contributed by atoms with Crippen molar-refractivity contribution in [2.75, 3.05) is 24.5 Å². The highest BCUT2D eigenvalue weighted by Gasteiger charge is 2.33. The van der Waals surface area contributed by atoms with Crippen LogP contribution >= 0.6 is 23.2 Å². The third kappa shape index (κ3) is 6.01. The number of nitrogens with zero attached hydrogens (tertiary/aromatic N) is 7. The van der Waals surface area contributed by atoms with Crippen molar-refractivity contribution in [2.24, 2.45) is 0 Å². The van der Waals surface area contributed by atoms with Gasteiger partial charge in [0.25, 0.3) is 0 Å². The number of halogens is 3. The van der Waals surface area contributed by atoms with E-state index >= 15 is 0 Å². The fraction of sp³-hybridized carbons (Fsp3) is 0.400. The SMILES string of the molecule is CC(C)c1ncnc(Cl)c1-n1c(=O)nc(N2CCN(C(=O)OC(C)(C)C)C[C@@H]2C)c2cc(Cl)c(-c3ccccc3F)nc21. The van der Waals surface area contributed by atoms with Gasteiger partial charge in [-0.05, 0) is 51.8 Å². The van der Waals surface area contributed by atoms with Gasteiger partial charge >= 0.3 is 11.8 Å². The Balaban J connectivity index is 1.72. The van der Waals surface area contributed by atoms with Gasteiger partial charge in [0.1, 0.15) is 29.3 Å². The number of rotatable bonds is 4. The fourth-order valence-electron chi connectivity index (χ4n) is 5.13. The highest BCUT2D eigenvalue weighted by Crippen LogP contribution is 2.36. The van der Waals surface area contributed by atoms with Crippen LogP contribution in [-0.2, 0) is 4.74 Å². The van der Waals surface area contributed by atoms with Gasteiger partial charge in [0.2, 0.25) is 0 Å². The molecule has 0 unspecified atom stereocenters. The van der Waals surface area contributed by atoms with E-state index in [-0.39, 0.29) is 44.7 Å². The molecular formula is C30H32Cl2FN7O3. The van der Waals surface area contributed by atoms with Gasteiger partial charge in [-0.2, -0.15) is 4.98 Å². The molecule has 1 aliphatic heterocycles. The van der Waals surface area contributed by atoms with Crippen molar-refractivity contribution in [3.8, 4) is 16.9 Å². The molecule has 0 radical (unpaired) electrons. The van der Waals surface area contributed by atoms with Gasteiger partial charge < -0.3 is 14.5 Å². The van der Waals surface area contributed by atoms with Crippen molar-refractivity contribution in [3.05, 3.63) is 68.8 Å². The molecular weight excluding hydrogens is 596 g/mol. The number of aromatic nitrogens is 5. The third-order valence-electron chi connectivity index (χ3n) is 7.06. The molecule has 13 heteroatoms. The van der Waals surface area contributed by atoms with E-state index in [1.807, 2.05) is 46.4 Å². The minimum atomic E-state index is -0.669. The quantitative estimate of drug-likeness (QED) is 0.244. The van der Waals surface area contributed by atoms with Crippen molar-refractivity contribution in [1.82, 2.24) is 29.4 Å². The maximum absolute atomic E-state index is 14.9. The molecule has 0 N–H and O–H groups in total. The Kier molecular flexibility index (Phi) is 8.32. The van der Waals surface area contributed by atoms with Crippen molar-refractivity contribution >= 4 is 46.1 Å². The molecule has 0 saturated carbocycles. The van der Waals surface area contributed by atoms with Crippen LogP contribution in [0, 0.1) is 5.82 Å². The normalized spacial score (nSPS) is 15.8. The number of hydrogen-bond acceptors (Lipinski definition) is 8. The number of carbonyl (C=O) groups excluding carboxylic acids is 1. The van der Waals surface area contributed by atoms with Crippen LogP contribution in [0.4, 0.5) is 15.0 Å². The minimum absolute atomic E-state index is 0.0418. The summed E-state index contributed by atoms with van der Waals surface area (Å²) in [6, 6.07) is 7.51. The van der Waals surface area contributed by atoms with Crippen LogP contribution in [-0.4, -0.2) is 66.8 Å². The monoisotopic (exact) mass is 627 g/mol. The Morgan fingerprint density at radius 1 is 1.12 bits per heavy atom. The standard InChI is InChI=1S/C30H32Cl2FN7O3/c1-16(2)22-24(25(32)35-15-34-22)40-27-19(13-20(31)23(36-27)18-9-7-8-10-21(18)33)26(37-28(40)41)39-12-11-38(14-17(39)3)29(42)43-30(4,5)6/h7-10,13,15-17H,11-12,14H2,1-6H3/t17-/m0/s1. The van der Waals surface area contributed by atoms with Crippen LogP contribution in [0.2, 0.25) is 10.2 Å². The van der Waals surface area contributed by atoms with Crippen LogP contribution in [0.1, 0.15) is 53.2 Å². The fourth-order valence-corrected chi connectivity index (χ4v) is 5.61. The summed E-state index contributed by atoms with van der Waals surface area (Å²) >= 11 is 13.3. The molecule has 43 heavy (non-hydrogen) atoms. The van der Waals surface area contributed by atoms with Crippen molar-refractivity contribution < 1.29 is 13.9 Å². The Labute approximate surface area is 258 Å². The molecule has 1 aromatic carbocycles. The lowest BCUT2D eigenvalue weighted by Crippen LogP contribution is -2.55. The Morgan fingerprint density at radius 3 is 2.49 bits per heavy atom. The Hall–Kier alpha value is -3.83. The zero-order valence-corrected chi connectivity index (χ0v) is 26.2. The second kappa shape index (κ2) is 11.7. The summed E-state index contributed by atoms with van der Waals surface area (Å²) in [7, 11) is 0. The number of amides is 1. The third-order valence-corrected chi connectivity index (χ3v) is 7.62. The van der Waals surface area contributed by atoms with Crippen LogP contribution in [0.5, 0.6) is 0 Å². The predicted octanol–water partition coefficient (Wildman–Crippen LogP) is 6.25. The molecule has 1 aliphatic rings. The van der Waals surface area contributed by atoms with Gasteiger partial charge in [-0.1, -0.05) is 49.2 Å². The van der Waals surface area contributed by atoms with Crippen LogP contribution in [0.25, 0.3) is 28.0 Å². The number of ether oxygens (including phenoxy) is 1. The van der Waals surface area contributed by atoms with Gasteiger partial charge in [0, 0.05) is 31.2 Å². The molecule has 0 spiro atoms. The van der Waals surface area contributed by atoms with Gasteiger partial charge in [0.15, 0.2) is 10.8 Å². The van der Waals surface area contributed by atoms with Crippen molar-refractivity contribution in [2.45, 2.75) is 59.1 Å². The van der Waals surface area contributed by atoms with Crippen LogP contribution < -0.4 is 10.6 Å². The zero-order chi connectivity index (χ0) is 31.2. The molecule has 10 nitrogen and oxygen atoms in total. The van der Waals surface area contributed by atoms with E-state index in [1.165, 1.54) is 17.0 Å². The number of carbonyl (C=O) groups is 1. The topological polar surface area (TPSA) is 106 Å². The zero-order valence-electron chi connectivity index (χ0n) is 24.7. The van der Waals surface area contributed by atoms with E-state index in [1.54, 1.807) is 29.2 Å². The molecule has 0 bridgehead atoms. The Morgan fingerprint density at radius 2 is 1.84 bits per heavy atom. The van der Waals surface area contributed by atoms with E-state index in [0.29, 0.717) is 36.5 Å². The highest BCUT2D eigenvalue weighted by atomic mass is 35.5. The van der Waals surface area contributed by atoms with E-state index in [2.05, 4.69) is 15.0 Å². The van der Waals surface area contributed by atoms with E-state index < -0.39 is 23.2 Å². The molecule has 4 heterocycles. The molecule has 226 valence electrons. The number of piperazine rings is 1. The van der Waals surface area contributed by atoms with Crippen molar-refractivity contribution in [3.63, 3.8) is 0 Å². The number of benzene rings is 1. The first-order valence-electron chi connectivity index (χ1n) is 13.9. The van der Waals surface area contributed by atoms with Crippen LogP contribution in [0.3, 0.4) is 0 Å². The molecule has 3 aromatic heterocycles. The summed E-state index contributed by atoms with van der Waals surface area (Å²) in [4.78, 5) is 48.1. The summed E-state index contributed by atoms with van der Waals surface area (Å²) in [5, 5.41) is 0.655.